The highest BCUT2D eigenvalue weighted by Gasteiger charge is 2.29. The van der Waals surface area contributed by atoms with Crippen molar-refractivity contribution >= 4 is 23.4 Å². The number of carbonyl (C=O) groups excluding carboxylic acids is 1. The molecule has 1 saturated heterocycles. The molecular formula is C17H26ClN3O2. The summed E-state index contributed by atoms with van der Waals surface area (Å²) in [6.07, 6.45) is -0.244. The SMILES string of the molecule is CC1CN(C(=O)OC(C)(C)C)CCN1Cc1cc(N)ccc1Cl. The molecule has 0 radical (unpaired) electrons. The Bertz CT molecular complexity index is 571. The molecule has 0 aromatic heterocycles. The number of rotatable bonds is 2. The number of nitrogen functional groups attached to an aromatic ring is 1. The normalized spacial score (nSPS) is 19.7. The molecule has 0 aliphatic carbocycles. The molecular weight excluding hydrogens is 314 g/mol. The molecule has 1 unspecified atom stereocenters. The summed E-state index contributed by atoms with van der Waals surface area (Å²) in [7, 11) is 0. The molecule has 6 heteroatoms. The van der Waals surface area contributed by atoms with Crippen LogP contribution in [0.3, 0.4) is 0 Å². The third-order valence-electron chi connectivity index (χ3n) is 3.86. The number of nitrogens with two attached hydrogens (primary N) is 1. The van der Waals surface area contributed by atoms with Gasteiger partial charge in [-0.25, -0.2) is 4.79 Å². The number of carbonyl (C=O) groups is 1. The Kier molecular flexibility index (Phi) is 5.42. The zero-order valence-corrected chi connectivity index (χ0v) is 15.1. The number of nitrogens with zero attached hydrogens (tertiary/aromatic N) is 2. The van der Waals surface area contributed by atoms with E-state index in [0.717, 1.165) is 23.7 Å². The number of hydrogen-bond acceptors (Lipinski definition) is 4. The van der Waals surface area contributed by atoms with E-state index in [1.54, 1.807) is 11.0 Å². The summed E-state index contributed by atoms with van der Waals surface area (Å²) in [5, 5.41) is 0.723. The first-order chi connectivity index (χ1) is 10.7. The molecule has 1 atom stereocenters. The molecule has 0 saturated carbocycles. The smallest absolute Gasteiger partial charge is 0.410 e. The van der Waals surface area contributed by atoms with Gasteiger partial charge in [-0.15, -0.1) is 0 Å². The van der Waals surface area contributed by atoms with Crippen LogP contribution in [0.15, 0.2) is 18.2 Å². The Morgan fingerprint density at radius 1 is 1.39 bits per heavy atom. The van der Waals surface area contributed by atoms with Gasteiger partial charge in [-0.05, 0) is 51.5 Å². The predicted molar refractivity (Wildman–Crippen MR) is 93.5 cm³/mol. The highest BCUT2D eigenvalue weighted by Crippen LogP contribution is 2.23. The average molecular weight is 340 g/mol. The van der Waals surface area contributed by atoms with Crippen LogP contribution in [0.2, 0.25) is 5.02 Å². The van der Waals surface area contributed by atoms with Crippen LogP contribution in [0.4, 0.5) is 10.5 Å². The van der Waals surface area contributed by atoms with E-state index in [1.807, 2.05) is 32.9 Å². The van der Waals surface area contributed by atoms with Crippen molar-refractivity contribution in [3.8, 4) is 0 Å². The second-order valence-corrected chi connectivity index (χ2v) is 7.50. The third kappa shape index (κ3) is 5.01. The topological polar surface area (TPSA) is 58.8 Å². The van der Waals surface area contributed by atoms with Crippen LogP contribution in [0.25, 0.3) is 0 Å². The van der Waals surface area contributed by atoms with Crippen LogP contribution in [0, 0.1) is 0 Å². The summed E-state index contributed by atoms with van der Waals surface area (Å²) < 4.78 is 5.44. The van der Waals surface area contributed by atoms with E-state index in [4.69, 9.17) is 22.1 Å². The maximum absolute atomic E-state index is 12.2. The highest BCUT2D eigenvalue weighted by atomic mass is 35.5. The lowest BCUT2D eigenvalue weighted by atomic mass is 10.1. The standard InChI is InChI=1S/C17H26ClN3O2/c1-12-10-21(16(22)23-17(2,3)4)8-7-20(12)11-13-9-14(19)5-6-15(13)18/h5-6,9,12H,7-8,10-11,19H2,1-4H3. The first-order valence-corrected chi connectivity index (χ1v) is 8.29. The largest absolute Gasteiger partial charge is 0.444 e. The summed E-state index contributed by atoms with van der Waals surface area (Å²) in [6.45, 7) is 10.6. The van der Waals surface area contributed by atoms with E-state index >= 15 is 0 Å². The van der Waals surface area contributed by atoms with Crippen LogP contribution in [0.1, 0.15) is 33.3 Å². The van der Waals surface area contributed by atoms with Crippen molar-refractivity contribution in [1.29, 1.82) is 0 Å². The second kappa shape index (κ2) is 6.97. The molecule has 1 aliphatic heterocycles. The van der Waals surface area contributed by atoms with Gasteiger partial charge in [-0.3, -0.25) is 4.90 Å². The van der Waals surface area contributed by atoms with Crippen LogP contribution in [-0.2, 0) is 11.3 Å². The van der Waals surface area contributed by atoms with Crippen molar-refractivity contribution in [2.24, 2.45) is 0 Å². The lowest BCUT2D eigenvalue weighted by molar-refractivity contribution is 0.00462. The first kappa shape index (κ1) is 17.9. The van der Waals surface area contributed by atoms with E-state index in [-0.39, 0.29) is 12.1 Å². The van der Waals surface area contributed by atoms with Crippen LogP contribution >= 0.6 is 11.6 Å². The van der Waals surface area contributed by atoms with Gasteiger partial charge in [-0.2, -0.15) is 0 Å². The Hall–Kier alpha value is -1.46. The molecule has 1 aromatic carbocycles. The van der Waals surface area contributed by atoms with E-state index in [9.17, 15) is 4.79 Å². The minimum atomic E-state index is -0.466. The van der Waals surface area contributed by atoms with Gasteiger partial charge >= 0.3 is 6.09 Å². The average Bonchev–Trinajstić information content (AvgIpc) is 2.43. The van der Waals surface area contributed by atoms with E-state index in [0.29, 0.717) is 18.8 Å². The van der Waals surface area contributed by atoms with Gasteiger partial charge in [0.1, 0.15) is 5.60 Å². The van der Waals surface area contributed by atoms with Crippen molar-refractivity contribution in [2.75, 3.05) is 25.4 Å². The van der Waals surface area contributed by atoms with Crippen molar-refractivity contribution in [2.45, 2.75) is 45.9 Å². The van der Waals surface area contributed by atoms with Gasteiger partial charge in [0.25, 0.3) is 0 Å². The number of anilines is 1. The summed E-state index contributed by atoms with van der Waals surface area (Å²) in [5.74, 6) is 0. The summed E-state index contributed by atoms with van der Waals surface area (Å²) in [4.78, 5) is 16.2. The Balaban J connectivity index is 1.96. The van der Waals surface area contributed by atoms with Crippen molar-refractivity contribution in [1.82, 2.24) is 9.80 Å². The first-order valence-electron chi connectivity index (χ1n) is 7.91. The second-order valence-electron chi connectivity index (χ2n) is 7.10. The number of hydrogen-bond donors (Lipinski definition) is 1. The molecule has 1 amide bonds. The number of halogens is 1. The van der Waals surface area contributed by atoms with Gasteiger partial charge in [0.05, 0.1) is 0 Å². The van der Waals surface area contributed by atoms with Gasteiger partial charge < -0.3 is 15.4 Å². The summed E-state index contributed by atoms with van der Waals surface area (Å²) in [6, 6.07) is 5.77. The fourth-order valence-electron chi connectivity index (χ4n) is 2.66. The number of ether oxygens (including phenoxy) is 1. The molecule has 1 aliphatic rings. The molecule has 5 nitrogen and oxygen atoms in total. The molecule has 2 N–H and O–H groups in total. The highest BCUT2D eigenvalue weighted by molar-refractivity contribution is 6.31. The monoisotopic (exact) mass is 339 g/mol. The number of benzene rings is 1. The zero-order chi connectivity index (χ0) is 17.2. The van der Waals surface area contributed by atoms with Crippen molar-refractivity contribution < 1.29 is 9.53 Å². The van der Waals surface area contributed by atoms with E-state index < -0.39 is 5.60 Å². The van der Waals surface area contributed by atoms with Crippen molar-refractivity contribution in [3.63, 3.8) is 0 Å². The predicted octanol–water partition coefficient (Wildman–Crippen LogP) is 3.36. The van der Waals surface area contributed by atoms with Crippen LogP contribution in [-0.4, -0.2) is 47.2 Å². The number of amides is 1. The molecule has 128 valence electrons. The molecule has 2 rings (SSSR count). The minimum absolute atomic E-state index is 0.230. The molecule has 1 heterocycles. The minimum Gasteiger partial charge on any atom is -0.444 e. The molecule has 0 spiro atoms. The lowest BCUT2D eigenvalue weighted by Gasteiger charge is -2.40. The zero-order valence-electron chi connectivity index (χ0n) is 14.3. The van der Waals surface area contributed by atoms with E-state index in [2.05, 4.69) is 11.8 Å². The maximum Gasteiger partial charge on any atom is 0.410 e. The molecule has 1 fully saturated rings. The van der Waals surface area contributed by atoms with Gasteiger partial charge in [0.2, 0.25) is 0 Å². The fourth-order valence-corrected chi connectivity index (χ4v) is 2.83. The summed E-state index contributed by atoms with van der Waals surface area (Å²) >= 11 is 6.25. The Labute approximate surface area is 143 Å². The molecule has 0 bridgehead atoms. The van der Waals surface area contributed by atoms with Gasteiger partial charge in [0.15, 0.2) is 0 Å². The lowest BCUT2D eigenvalue weighted by Crippen LogP contribution is -2.54. The van der Waals surface area contributed by atoms with Crippen LogP contribution in [0.5, 0.6) is 0 Å². The van der Waals surface area contributed by atoms with E-state index in [1.165, 1.54) is 0 Å². The Morgan fingerprint density at radius 3 is 2.70 bits per heavy atom. The maximum atomic E-state index is 12.2. The quantitative estimate of drug-likeness (QED) is 0.839. The number of piperazine rings is 1. The third-order valence-corrected chi connectivity index (χ3v) is 4.23. The van der Waals surface area contributed by atoms with Crippen LogP contribution < -0.4 is 5.73 Å². The molecule has 23 heavy (non-hydrogen) atoms. The van der Waals surface area contributed by atoms with Gasteiger partial charge in [-0.1, -0.05) is 11.6 Å². The van der Waals surface area contributed by atoms with Crippen molar-refractivity contribution in [3.05, 3.63) is 28.8 Å². The Morgan fingerprint density at radius 2 is 2.09 bits per heavy atom. The molecule has 1 aromatic rings. The fraction of sp³-hybridized carbons (Fsp3) is 0.588. The van der Waals surface area contributed by atoms with Gasteiger partial charge in [0, 0.05) is 42.9 Å². The summed E-state index contributed by atoms with van der Waals surface area (Å²) in [5.41, 5.74) is 7.11.